The Labute approximate surface area is 100.0 Å². The smallest absolute Gasteiger partial charge is 0.326 e. The standard InChI is InChI=1S/C11H19NO5/c13-5-4-9(11(15)16)12-10(14)7-8-3-1-2-6-17-8/h8-9,13H,1-7H2,(H,12,14)(H,15,16). The van der Waals surface area contributed by atoms with Crippen molar-refractivity contribution in [3.05, 3.63) is 0 Å². The van der Waals surface area contributed by atoms with Crippen molar-refractivity contribution >= 4 is 11.9 Å². The van der Waals surface area contributed by atoms with Crippen LogP contribution < -0.4 is 5.32 Å². The normalized spacial score (nSPS) is 21.8. The molecule has 3 N–H and O–H groups in total. The van der Waals surface area contributed by atoms with E-state index in [-0.39, 0.29) is 31.5 Å². The number of carboxylic acid groups (broad SMARTS) is 1. The zero-order valence-electron chi connectivity index (χ0n) is 9.72. The van der Waals surface area contributed by atoms with Crippen molar-refractivity contribution in [2.24, 2.45) is 0 Å². The number of hydrogen-bond donors (Lipinski definition) is 3. The SMILES string of the molecule is O=C(CC1CCCCO1)NC(CCO)C(=O)O. The molecule has 1 aliphatic rings. The van der Waals surface area contributed by atoms with Crippen molar-refractivity contribution in [2.45, 2.75) is 44.2 Å². The van der Waals surface area contributed by atoms with E-state index >= 15 is 0 Å². The summed E-state index contributed by atoms with van der Waals surface area (Å²) < 4.78 is 5.39. The average molecular weight is 245 g/mol. The lowest BCUT2D eigenvalue weighted by molar-refractivity contribution is -0.142. The Balaban J connectivity index is 2.33. The number of hydrogen-bond acceptors (Lipinski definition) is 4. The molecule has 2 unspecified atom stereocenters. The Bertz CT molecular complexity index is 263. The van der Waals surface area contributed by atoms with Gasteiger partial charge in [-0.1, -0.05) is 0 Å². The van der Waals surface area contributed by atoms with Crippen LogP contribution in [0.4, 0.5) is 0 Å². The van der Waals surface area contributed by atoms with Crippen molar-refractivity contribution in [2.75, 3.05) is 13.2 Å². The van der Waals surface area contributed by atoms with Gasteiger partial charge in [0.15, 0.2) is 0 Å². The van der Waals surface area contributed by atoms with E-state index < -0.39 is 12.0 Å². The molecule has 1 fully saturated rings. The molecule has 1 amide bonds. The van der Waals surface area contributed by atoms with E-state index in [1.807, 2.05) is 0 Å². The van der Waals surface area contributed by atoms with Gasteiger partial charge >= 0.3 is 5.97 Å². The predicted molar refractivity (Wildman–Crippen MR) is 59.5 cm³/mol. The minimum atomic E-state index is -1.13. The summed E-state index contributed by atoms with van der Waals surface area (Å²) in [5.41, 5.74) is 0. The maximum atomic E-state index is 11.6. The molecule has 1 saturated heterocycles. The van der Waals surface area contributed by atoms with E-state index in [1.54, 1.807) is 0 Å². The summed E-state index contributed by atoms with van der Waals surface area (Å²) in [6.07, 6.45) is 3.00. The number of amides is 1. The van der Waals surface area contributed by atoms with Crippen LogP contribution in [0, 0.1) is 0 Å². The van der Waals surface area contributed by atoms with Crippen LogP contribution in [0.15, 0.2) is 0 Å². The molecular formula is C11H19NO5. The van der Waals surface area contributed by atoms with E-state index in [0.29, 0.717) is 6.61 Å². The molecule has 1 rings (SSSR count). The quantitative estimate of drug-likeness (QED) is 0.607. The highest BCUT2D eigenvalue weighted by Crippen LogP contribution is 2.15. The molecule has 0 radical (unpaired) electrons. The summed E-state index contributed by atoms with van der Waals surface area (Å²) in [6.45, 7) is 0.397. The van der Waals surface area contributed by atoms with Gasteiger partial charge < -0.3 is 20.3 Å². The second-order valence-electron chi connectivity index (χ2n) is 4.16. The number of rotatable bonds is 6. The molecule has 6 nitrogen and oxygen atoms in total. The third-order valence-corrected chi connectivity index (χ3v) is 2.74. The highest BCUT2D eigenvalue weighted by atomic mass is 16.5. The van der Waals surface area contributed by atoms with Crippen LogP contribution in [-0.4, -0.2) is 47.4 Å². The van der Waals surface area contributed by atoms with E-state index in [2.05, 4.69) is 5.32 Å². The van der Waals surface area contributed by atoms with Gasteiger partial charge in [0.1, 0.15) is 6.04 Å². The van der Waals surface area contributed by atoms with Gasteiger partial charge in [0, 0.05) is 19.6 Å². The minimum absolute atomic E-state index is 0.0204. The number of carbonyl (C=O) groups is 2. The monoisotopic (exact) mass is 245 g/mol. The van der Waals surface area contributed by atoms with Crippen LogP contribution in [0.1, 0.15) is 32.1 Å². The first kappa shape index (κ1) is 13.9. The van der Waals surface area contributed by atoms with Crippen LogP contribution in [0.5, 0.6) is 0 Å². The lowest BCUT2D eigenvalue weighted by Crippen LogP contribution is -2.42. The summed E-state index contributed by atoms with van der Waals surface area (Å²) in [4.78, 5) is 22.3. The molecule has 0 aliphatic carbocycles. The number of aliphatic hydroxyl groups is 1. The summed E-state index contributed by atoms with van der Waals surface area (Å²) in [5, 5.41) is 19.9. The van der Waals surface area contributed by atoms with Gasteiger partial charge in [-0.2, -0.15) is 0 Å². The van der Waals surface area contributed by atoms with Crippen molar-refractivity contribution in [1.29, 1.82) is 0 Å². The molecule has 1 aliphatic heterocycles. The molecule has 2 atom stereocenters. The molecular weight excluding hydrogens is 226 g/mol. The highest BCUT2D eigenvalue weighted by molar-refractivity contribution is 5.83. The van der Waals surface area contributed by atoms with Crippen LogP contribution >= 0.6 is 0 Å². The van der Waals surface area contributed by atoms with Gasteiger partial charge in [0.25, 0.3) is 0 Å². The fourth-order valence-electron chi connectivity index (χ4n) is 1.81. The van der Waals surface area contributed by atoms with Crippen LogP contribution in [0.3, 0.4) is 0 Å². The molecule has 0 spiro atoms. The predicted octanol–water partition coefficient (Wildman–Crippen LogP) is -0.103. The Morgan fingerprint density at radius 2 is 2.18 bits per heavy atom. The lowest BCUT2D eigenvalue weighted by Gasteiger charge is -2.22. The van der Waals surface area contributed by atoms with Crippen molar-refractivity contribution < 1.29 is 24.5 Å². The number of ether oxygens (including phenoxy) is 1. The van der Waals surface area contributed by atoms with Crippen LogP contribution in [0.25, 0.3) is 0 Å². The fourth-order valence-corrected chi connectivity index (χ4v) is 1.81. The maximum Gasteiger partial charge on any atom is 0.326 e. The van der Waals surface area contributed by atoms with Gasteiger partial charge in [-0.3, -0.25) is 4.79 Å². The summed E-state index contributed by atoms with van der Waals surface area (Å²) >= 11 is 0. The number of carboxylic acids is 1. The second-order valence-corrected chi connectivity index (χ2v) is 4.16. The average Bonchev–Trinajstić information content (AvgIpc) is 2.29. The van der Waals surface area contributed by atoms with Gasteiger partial charge in [0.05, 0.1) is 12.5 Å². The molecule has 0 aromatic carbocycles. The number of aliphatic carboxylic acids is 1. The molecule has 1 heterocycles. The highest BCUT2D eigenvalue weighted by Gasteiger charge is 2.22. The van der Waals surface area contributed by atoms with Gasteiger partial charge in [-0.25, -0.2) is 4.79 Å². The Morgan fingerprint density at radius 1 is 1.41 bits per heavy atom. The van der Waals surface area contributed by atoms with E-state index in [4.69, 9.17) is 14.9 Å². The summed E-state index contributed by atoms with van der Waals surface area (Å²) in [7, 11) is 0. The largest absolute Gasteiger partial charge is 0.480 e. The van der Waals surface area contributed by atoms with Crippen LogP contribution in [0.2, 0.25) is 0 Å². The summed E-state index contributed by atoms with van der Waals surface area (Å²) in [6, 6.07) is -1.02. The number of aliphatic hydroxyl groups excluding tert-OH is 1. The zero-order chi connectivity index (χ0) is 12.7. The molecule has 6 heteroatoms. The lowest BCUT2D eigenvalue weighted by atomic mass is 10.1. The first-order valence-corrected chi connectivity index (χ1v) is 5.88. The first-order chi connectivity index (χ1) is 8.13. The van der Waals surface area contributed by atoms with Crippen molar-refractivity contribution in [1.82, 2.24) is 5.32 Å². The van der Waals surface area contributed by atoms with Crippen LogP contribution in [-0.2, 0) is 14.3 Å². The fraction of sp³-hybridized carbons (Fsp3) is 0.818. The number of nitrogens with one attached hydrogen (secondary N) is 1. The third-order valence-electron chi connectivity index (χ3n) is 2.74. The third kappa shape index (κ3) is 5.14. The first-order valence-electron chi connectivity index (χ1n) is 5.88. The molecule has 98 valence electrons. The van der Waals surface area contributed by atoms with Gasteiger partial charge in [-0.15, -0.1) is 0 Å². The van der Waals surface area contributed by atoms with Crippen molar-refractivity contribution in [3.63, 3.8) is 0 Å². The Hall–Kier alpha value is -1.14. The van der Waals surface area contributed by atoms with E-state index in [1.165, 1.54) is 0 Å². The second kappa shape index (κ2) is 7.24. The van der Waals surface area contributed by atoms with Gasteiger partial charge in [0.2, 0.25) is 5.91 Å². The summed E-state index contributed by atoms with van der Waals surface area (Å²) in [5.74, 6) is -1.46. The molecule has 0 aromatic heterocycles. The van der Waals surface area contributed by atoms with Crippen molar-refractivity contribution in [3.8, 4) is 0 Å². The Kier molecular flexibility index (Phi) is 5.93. The molecule has 0 saturated carbocycles. The molecule has 0 aromatic rings. The molecule has 0 bridgehead atoms. The number of carbonyl (C=O) groups excluding carboxylic acids is 1. The van der Waals surface area contributed by atoms with E-state index in [0.717, 1.165) is 19.3 Å². The van der Waals surface area contributed by atoms with E-state index in [9.17, 15) is 9.59 Å². The molecule has 17 heavy (non-hydrogen) atoms. The maximum absolute atomic E-state index is 11.6. The Morgan fingerprint density at radius 3 is 2.71 bits per heavy atom. The minimum Gasteiger partial charge on any atom is -0.480 e. The zero-order valence-corrected chi connectivity index (χ0v) is 9.72. The van der Waals surface area contributed by atoms with Gasteiger partial charge in [-0.05, 0) is 19.3 Å². The topological polar surface area (TPSA) is 95.9 Å².